The van der Waals surface area contributed by atoms with Crippen LogP contribution in [0, 0.1) is 0 Å². The van der Waals surface area contributed by atoms with Crippen LogP contribution in [0.2, 0.25) is 0 Å². The third-order valence-corrected chi connectivity index (χ3v) is 4.79. The Balaban J connectivity index is 1.72. The van der Waals surface area contributed by atoms with Crippen LogP contribution in [-0.4, -0.2) is 14.2 Å². The van der Waals surface area contributed by atoms with Gasteiger partial charge in [0.2, 0.25) is 0 Å². The van der Waals surface area contributed by atoms with Crippen LogP contribution in [0.15, 0.2) is 113 Å². The van der Waals surface area contributed by atoms with Crippen molar-refractivity contribution in [2.45, 2.75) is 0 Å². The molecule has 154 valence electrons. The second-order valence-corrected chi connectivity index (χ2v) is 6.79. The summed E-state index contributed by atoms with van der Waals surface area (Å²) in [6, 6.07) is 33.6. The number of benzene rings is 4. The maximum atomic E-state index is 5.32. The van der Waals surface area contributed by atoms with E-state index in [0.717, 1.165) is 39.9 Å². The number of azo groups is 1. The highest BCUT2D eigenvalue weighted by Gasteiger charge is 2.13. The Morgan fingerprint density at radius 3 is 1.58 bits per heavy atom. The van der Waals surface area contributed by atoms with Crippen molar-refractivity contribution in [2.24, 2.45) is 10.2 Å². The lowest BCUT2D eigenvalue weighted by Crippen LogP contribution is -2.09. The quantitative estimate of drug-likeness (QED) is 0.295. The molecule has 0 aromatic heterocycles. The highest BCUT2D eigenvalue weighted by atomic mass is 16.5. The standard InChI is InChI=1S/C26H23N3O2/c1-30-25-15-11-22(12-16-25)29(23-13-17-26(31-2)18-14-23)24-10-6-9-21(19-24)28-27-20-7-4-3-5-8-20/h3-19H,1-2H3. The number of methoxy groups -OCH3 is 2. The Kier molecular flexibility index (Phi) is 6.24. The Morgan fingerprint density at radius 1 is 0.516 bits per heavy atom. The van der Waals surface area contributed by atoms with Gasteiger partial charge in [0.1, 0.15) is 11.5 Å². The van der Waals surface area contributed by atoms with Crippen LogP contribution in [0.3, 0.4) is 0 Å². The molecule has 0 amide bonds. The fourth-order valence-electron chi connectivity index (χ4n) is 3.21. The first-order valence-corrected chi connectivity index (χ1v) is 9.92. The fraction of sp³-hybridized carbons (Fsp3) is 0.0769. The van der Waals surface area contributed by atoms with Crippen LogP contribution < -0.4 is 14.4 Å². The molecule has 0 saturated heterocycles. The molecule has 4 aromatic rings. The first-order chi connectivity index (χ1) is 15.3. The topological polar surface area (TPSA) is 46.4 Å². The second kappa shape index (κ2) is 9.59. The molecule has 0 aliphatic heterocycles. The number of hydrogen-bond acceptors (Lipinski definition) is 5. The molecule has 0 atom stereocenters. The molecule has 4 rings (SSSR count). The summed E-state index contributed by atoms with van der Waals surface area (Å²) in [7, 11) is 3.33. The summed E-state index contributed by atoms with van der Waals surface area (Å²) in [5.41, 5.74) is 4.56. The average molecular weight is 409 g/mol. The summed E-state index contributed by atoms with van der Waals surface area (Å²) in [4.78, 5) is 2.15. The summed E-state index contributed by atoms with van der Waals surface area (Å²) in [5.74, 6) is 1.62. The van der Waals surface area contributed by atoms with Crippen molar-refractivity contribution in [1.29, 1.82) is 0 Å². The molecule has 0 bridgehead atoms. The van der Waals surface area contributed by atoms with Gasteiger partial charge in [0.25, 0.3) is 0 Å². The molecule has 0 radical (unpaired) electrons. The number of ether oxygens (including phenoxy) is 2. The molecule has 0 N–H and O–H groups in total. The molecule has 0 heterocycles. The predicted octanol–water partition coefficient (Wildman–Crippen LogP) is 7.59. The molecular weight excluding hydrogens is 386 g/mol. The van der Waals surface area contributed by atoms with E-state index in [1.807, 2.05) is 97.1 Å². The SMILES string of the molecule is COc1ccc(N(c2ccc(OC)cc2)c2cccc(N=Nc3ccccc3)c2)cc1. The van der Waals surface area contributed by atoms with Crippen LogP contribution >= 0.6 is 0 Å². The highest BCUT2D eigenvalue weighted by molar-refractivity contribution is 5.78. The van der Waals surface area contributed by atoms with Crippen LogP contribution in [0.1, 0.15) is 0 Å². The van der Waals surface area contributed by atoms with Crippen LogP contribution in [0.4, 0.5) is 28.4 Å². The molecule has 4 aromatic carbocycles. The van der Waals surface area contributed by atoms with E-state index in [1.165, 1.54) is 0 Å². The number of nitrogens with zero attached hydrogens (tertiary/aromatic N) is 3. The van der Waals surface area contributed by atoms with Gasteiger partial charge in [0.05, 0.1) is 25.6 Å². The molecule has 0 spiro atoms. The lowest BCUT2D eigenvalue weighted by atomic mass is 10.1. The zero-order chi connectivity index (χ0) is 21.5. The highest BCUT2D eigenvalue weighted by Crippen LogP contribution is 2.37. The molecule has 0 unspecified atom stereocenters. The third kappa shape index (κ3) is 4.90. The van der Waals surface area contributed by atoms with Gasteiger partial charge in [0.15, 0.2) is 0 Å². The predicted molar refractivity (Wildman–Crippen MR) is 125 cm³/mol. The van der Waals surface area contributed by atoms with Crippen molar-refractivity contribution < 1.29 is 9.47 Å². The van der Waals surface area contributed by atoms with E-state index < -0.39 is 0 Å². The second-order valence-electron chi connectivity index (χ2n) is 6.79. The van der Waals surface area contributed by atoms with E-state index >= 15 is 0 Å². The largest absolute Gasteiger partial charge is 0.497 e. The molecule has 0 aliphatic carbocycles. The summed E-state index contributed by atoms with van der Waals surface area (Å²) in [5, 5.41) is 8.76. The van der Waals surface area contributed by atoms with Crippen molar-refractivity contribution in [2.75, 3.05) is 19.1 Å². The number of anilines is 3. The first-order valence-electron chi connectivity index (χ1n) is 9.92. The maximum absolute atomic E-state index is 5.32. The normalized spacial score (nSPS) is 10.8. The van der Waals surface area contributed by atoms with Gasteiger partial charge in [0, 0.05) is 17.1 Å². The minimum atomic E-state index is 0.772. The van der Waals surface area contributed by atoms with Crippen LogP contribution in [0.25, 0.3) is 0 Å². The molecule has 5 nitrogen and oxygen atoms in total. The van der Waals surface area contributed by atoms with Crippen LogP contribution in [-0.2, 0) is 0 Å². The van der Waals surface area contributed by atoms with Gasteiger partial charge in [-0.15, -0.1) is 0 Å². The lowest BCUT2D eigenvalue weighted by Gasteiger charge is -2.26. The minimum Gasteiger partial charge on any atom is -0.497 e. The maximum Gasteiger partial charge on any atom is 0.119 e. The monoisotopic (exact) mass is 409 g/mol. The van der Waals surface area contributed by atoms with E-state index in [-0.39, 0.29) is 0 Å². The van der Waals surface area contributed by atoms with Gasteiger partial charge in [-0.25, -0.2) is 0 Å². The third-order valence-electron chi connectivity index (χ3n) is 4.79. The summed E-state index contributed by atoms with van der Waals surface area (Å²) in [6.45, 7) is 0. The van der Waals surface area contributed by atoms with E-state index in [1.54, 1.807) is 14.2 Å². The smallest absolute Gasteiger partial charge is 0.119 e. The van der Waals surface area contributed by atoms with Crippen molar-refractivity contribution >= 4 is 28.4 Å². The molecule has 5 heteroatoms. The molecule has 31 heavy (non-hydrogen) atoms. The molecular formula is C26H23N3O2. The minimum absolute atomic E-state index is 0.772. The Hall–Kier alpha value is -4.12. The molecule has 0 saturated carbocycles. The average Bonchev–Trinajstić information content (AvgIpc) is 2.85. The summed E-state index contributed by atoms with van der Waals surface area (Å²) in [6.07, 6.45) is 0. The summed E-state index contributed by atoms with van der Waals surface area (Å²) < 4.78 is 10.6. The van der Waals surface area contributed by atoms with Gasteiger partial charge in [-0.3, -0.25) is 0 Å². The van der Waals surface area contributed by atoms with Crippen molar-refractivity contribution in [1.82, 2.24) is 0 Å². The zero-order valence-corrected chi connectivity index (χ0v) is 17.5. The Labute approximate surface area is 182 Å². The molecule has 0 fully saturated rings. The Morgan fingerprint density at radius 2 is 1.03 bits per heavy atom. The first kappa shape index (κ1) is 20.2. The van der Waals surface area contributed by atoms with Gasteiger partial charge >= 0.3 is 0 Å². The summed E-state index contributed by atoms with van der Waals surface area (Å²) >= 11 is 0. The lowest BCUT2D eigenvalue weighted by molar-refractivity contribution is 0.415. The van der Waals surface area contributed by atoms with E-state index in [4.69, 9.17) is 9.47 Å². The van der Waals surface area contributed by atoms with Gasteiger partial charge in [-0.1, -0.05) is 24.3 Å². The van der Waals surface area contributed by atoms with Crippen molar-refractivity contribution in [3.63, 3.8) is 0 Å². The number of hydrogen-bond donors (Lipinski definition) is 0. The van der Waals surface area contributed by atoms with E-state index in [9.17, 15) is 0 Å². The van der Waals surface area contributed by atoms with Gasteiger partial charge in [-0.2, -0.15) is 10.2 Å². The fourth-order valence-corrected chi connectivity index (χ4v) is 3.21. The van der Waals surface area contributed by atoms with E-state index in [0.29, 0.717) is 0 Å². The number of rotatable bonds is 7. The van der Waals surface area contributed by atoms with Crippen molar-refractivity contribution in [3.05, 3.63) is 103 Å². The van der Waals surface area contributed by atoms with Crippen LogP contribution in [0.5, 0.6) is 11.5 Å². The van der Waals surface area contributed by atoms with E-state index in [2.05, 4.69) is 21.2 Å². The Bertz CT molecular complexity index is 1090. The van der Waals surface area contributed by atoms with Crippen molar-refractivity contribution in [3.8, 4) is 11.5 Å². The van der Waals surface area contributed by atoms with Gasteiger partial charge in [-0.05, 0) is 78.9 Å². The molecule has 0 aliphatic rings. The van der Waals surface area contributed by atoms with Gasteiger partial charge < -0.3 is 14.4 Å². The zero-order valence-electron chi connectivity index (χ0n) is 17.5.